The molecule has 0 radical (unpaired) electrons. The summed E-state index contributed by atoms with van der Waals surface area (Å²) in [5.74, 6) is -3.14. The zero-order chi connectivity index (χ0) is 89.8. The molecule has 0 aliphatic carbocycles. The Kier molecular flexibility index (Phi) is 39.2. The molecular formula is C102H126O16Si4. The first kappa shape index (κ1) is 100. The van der Waals surface area contributed by atoms with Crippen molar-refractivity contribution in [3.63, 3.8) is 0 Å². The zero-order valence-corrected chi connectivity index (χ0v) is 78.4. The third kappa shape index (κ3) is 27.4. The van der Waals surface area contributed by atoms with Gasteiger partial charge in [-0.3, -0.25) is 0 Å². The van der Waals surface area contributed by atoms with Crippen molar-refractivity contribution in [2.24, 2.45) is 0 Å². The summed E-state index contributed by atoms with van der Waals surface area (Å²) in [7, 11) is -7.83. The molecule has 16 nitrogen and oxygen atoms in total. The monoisotopic (exact) mass is 1720 g/mol. The highest BCUT2D eigenvalue weighted by molar-refractivity contribution is 7.01. The third-order valence-electron chi connectivity index (χ3n) is 20.5. The summed E-state index contributed by atoms with van der Waals surface area (Å²) in [4.78, 5) is 59.5. The number of esters is 3. The Morgan fingerprint density at radius 2 is 0.393 bits per heavy atom. The molecule has 0 aliphatic rings. The van der Waals surface area contributed by atoms with Gasteiger partial charge in [0.1, 0.15) is 50.3 Å². The van der Waals surface area contributed by atoms with Crippen molar-refractivity contribution in [3.8, 4) is 0 Å². The van der Waals surface area contributed by atoms with Crippen LogP contribution in [0.25, 0.3) is 0 Å². The second-order valence-corrected chi connectivity index (χ2v) is 50.7. The van der Waals surface area contributed by atoms with Crippen molar-refractivity contribution in [2.75, 3.05) is 14.2 Å². The Labute approximate surface area is 728 Å². The molecule has 0 spiro atoms. The Hall–Kier alpha value is -10.6. The Morgan fingerprint density at radius 3 is 0.533 bits per heavy atom. The minimum absolute atomic E-state index is 0.191. The fourth-order valence-electron chi connectivity index (χ4n) is 14.6. The lowest BCUT2D eigenvalue weighted by molar-refractivity contribution is -0.154. The molecule has 0 heterocycles. The van der Waals surface area contributed by atoms with E-state index >= 15 is 0 Å². The van der Waals surface area contributed by atoms with E-state index in [-0.39, 0.29) is 51.9 Å². The summed E-state index contributed by atoms with van der Waals surface area (Å²) < 4.78 is 46.5. The number of aliphatic hydroxyl groups is 1. The number of carbonyl (C=O) groups excluding carboxylic acids is 3. The summed E-state index contributed by atoms with van der Waals surface area (Å²) in [5.41, 5.74) is 2.84. The molecule has 0 saturated carbocycles. The molecule has 11 rings (SSSR count). The van der Waals surface area contributed by atoms with E-state index < -0.39 is 81.7 Å². The minimum atomic E-state index is -2.78. The van der Waals surface area contributed by atoms with E-state index in [2.05, 4.69) is 185 Å². The van der Waals surface area contributed by atoms with Gasteiger partial charge in [0.05, 0.1) is 0 Å². The molecule has 122 heavy (non-hydrogen) atoms. The molecule has 11 aromatic rings. The summed E-state index contributed by atoms with van der Waals surface area (Å²) in [6.45, 7) is 34.9. The zero-order valence-electron chi connectivity index (χ0n) is 74.4. The van der Waals surface area contributed by atoms with Crippen LogP contribution in [-0.2, 0) is 80.4 Å². The van der Waals surface area contributed by atoms with Gasteiger partial charge in [0.25, 0.3) is 33.3 Å². The topological polar surface area (TPSA) is 220 Å². The Bertz CT molecular complexity index is 4410. The quantitative estimate of drug-likeness (QED) is 0.0248. The van der Waals surface area contributed by atoms with E-state index in [1.807, 2.05) is 237 Å². The predicted octanol–water partition coefficient (Wildman–Crippen LogP) is 16.8. The van der Waals surface area contributed by atoms with E-state index in [0.29, 0.717) is 0 Å². The molecule has 0 bridgehead atoms. The van der Waals surface area contributed by atoms with E-state index in [9.17, 15) is 34.2 Å². The summed E-state index contributed by atoms with van der Waals surface area (Å²) in [5, 5.41) is 35.8. The minimum Gasteiger partial charge on any atom is -0.479 e. The molecule has 0 saturated heterocycles. The summed E-state index contributed by atoms with van der Waals surface area (Å²) >= 11 is 0. The number of aliphatic hydroxyl groups excluding tert-OH is 1. The molecule has 20 heteroatoms. The lowest BCUT2D eigenvalue weighted by Gasteiger charge is -2.44. The standard InChI is InChI=1S/2C26H30O3Si.2C19H24O3Si.C10H12O3.C2H6O/c2*1-21(25(27)28-20-22-14-8-5-9-15-22)29-30(26(2,3)4,23-16-10-6-11-17-23)24-18-12-7-13-19-24;2*1-15(18(20)21)22-23(19(2,3)4,16-11-7-5-8-12-16)17-13-9-6-10-14-17;1-8(11)10(12)13-7-9-5-3-2-4-6-9;1-3-2/h2*5-19,21H,20H2,1-4H3;2*5-15H,1-4H3,(H,20,21);2-6,8,11H,7H2,1H3;1-2H3/t2*21-;2*15-;8-;/m00000./s1. The maximum absolute atomic E-state index is 12.9. The second kappa shape index (κ2) is 47.7. The smallest absolute Gasteiger partial charge is 0.334 e. The van der Waals surface area contributed by atoms with Crippen LogP contribution >= 0.6 is 0 Å². The fraction of sp³-hybridized carbons (Fsp3) is 0.304. The molecule has 0 aliphatic heterocycles. The van der Waals surface area contributed by atoms with E-state index in [0.717, 1.165) is 58.2 Å². The largest absolute Gasteiger partial charge is 0.479 e. The third-order valence-corrected chi connectivity index (χ3v) is 40.9. The highest BCUT2D eigenvalue weighted by Gasteiger charge is 2.56. The predicted molar refractivity (Wildman–Crippen MR) is 501 cm³/mol. The molecule has 646 valence electrons. The average Bonchev–Trinajstić information content (AvgIpc) is 0.761. The van der Waals surface area contributed by atoms with Crippen LogP contribution in [0, 0.1) is 0 Å². The summed E-state index contributed by atoms with van der Waals surface area (Å²) in [6.07, 6.45) is -4.13. The van der Waals surface area contributed by atoms with Crippen molar-refractivity contribution in [2.45, 2.75) is 188 Å². The molecule has 0 aromatic heterocycles. The molecule has 11 aromatic carbocycles. The number of ether oxygens (including phenoxy) is 4. The molecule has 0 amide bonds. The molecule has 5 atom stereocenters. The van der Waals surface area contributed by atoms with Crippen LogP contribution < -0.4 is 41.5 Å². The number of hydrogen-bond donors (Lipinski definition) is 3. The van der Waals surface area contributed by atoms with Crippen LogP contribution in [0.5, 0.6) is 0 Å². The number of hydrogen-bond acceptors (Lipinski definition) is 14. The van der Waals surface area contributed by atoms with Crippen LogP contribution in [-0.4, -0.2) is 123 Å². The van der Waals surface area contributed by atoms with Gasteiger partial charge in [0.15, 0.2) is 0 Å². The van der Waals surface area contributed by atoms with E-state index in [1.165, 1.54) is 6.92 Å². The average molecular weight is 1720 g/mol. The Balaban J connectivity index is 0.000000239. The van der Waals surface area contributed by atoms with Gasteiger partial charge in [-0.25, -0.2) is 24.0 Å². The van der Waals surface area contributed by atoms with Gasteiger partial charge in [0, 0.05) is 14.2 Å². The fourth-order valence-corrected chi connectivity index (χ4v) is 33.1. The van der Waals surface area contributed by atoms with Crippen LogP contribution in [0.2, 0.25) is 20.2 Å². The first-order chi connectivity index (χ1) is 57.9. The SMILES string of the molecule is COC.C[C@H](O)C(=O)OCc1ccccc1.C[C@H](O[Si](c1ccccc1)(c1ccccc1)C(C)(C)C)C(=O)O.C[C@H](O[Si](c1ccccc1)(c1ccccc1)C(C)(C)C)C(=O)O.C[C@H](O[Si](c1ccccc1)(c1ccccc1)C(C)(C)C)C(=O)OCc1ccccc1.C[C@H](O[Si](c1ccccc1)(c1ccccc1)C(C)(C)C)C(=O)OCc1ccccc1. The second-order valence-electron chi connectivity index (χ2n) is 33.7. The van der Waals surface area contributed by atoms with Crippen LogP contribution in [0.1, 0.15) is 134 Å². The highest BCUT2D eigenvalue weighted by Crippen LogP contribution is 2.42. The van der Waals surface area contributed by atoms with E-state index in [4.69, 9.17) is 37.0 Å². The van der Waals surface area contributed by atoms with Crippen molar-refractivity contribution in [1.82, 2.24) is 0 Å². The molecule has 3 N–H and O–H groups in total. The number of benzene rings is 11. The maximum atomic E-state index is 12.9. The lowest BCUT2D eigenvalue weighted by Crippen LogP contribution is -2.68. The number of carbonyl (C=O) groups is 5. The van der Waals surface area contributed by atoms with Gasteiger partial charge in [-0.1, -0.05) is 417 Å². The van der Waals surface area contributed by atoms with Crippen molar-refractivity contribution >= 4 is 105 Å². The lowest BCUT2D eigenvalue weighted by atomic mass is 10.2. The van der Waals surface area contributed by atoms with Crippen LogP contribution in [0.15, 0.2) is 334 Å². The molecule has 0 unspecified atom stereocenters. The van der Waals surface area contributed by atoms with Crippen molar-refractivity contribution in [1.29, 1.82) is 0 Å². The van der Waals surface area contributed by atoms with Gasteiger partial charge in [-0.15, -0.1) is 0 Å². The van der Waals surface area contributed by atoms with Gasteiger partial charge >= 0.3 is 29.8 Å². The van der Waals surface area contributed by atoms with Gasteiger partial charge < -0.3 is 52.0 Å². The number of carboxylic acid groups (broad SMARTS) is 2. The summed E-state index contributed by atoms with van der Waals surface area (Å²) in [6, 6.07) is 110. The van der Waals surface area contributed by atoms with Gasteiger partial charge in [-0.2, -0.15) is 0 Å². The van der Waals surface area contributed by atoms with Crippen molar-refractivity contribution in [3.05, 3.63) is 350 Å². The van der Waals surface area contributed by atoms with Crippen LogP contribution in [0.4, 0.5) is 0 Å². The number of rotatable bonds is 27. The normalized spacial score (nSPS) is 12.9. The molecular weight excluding hydrogens is 1590 g/mol. The molecule has 0 fully saturated rings. The highest BCUT2D eigenvalue weighted by atomic mass is 28.4. The first-order valence-electron chi connectivity index (χ1n) is 41.2. The Morgan fingerprint density at radius 1 is 0.254 bits per heavy atom. The van der Waals surface area contributed by atoms with Crippen molar-refractivity contribution < 1.29 is 75.9 Å². The van der Waals surface area contributed by atoms with Gasteiger partial charge in [-0.05, 0) is 113 Å². The number of aliphatic carboxylic acids is 2. The number of methoxy groups -OCH3 is 1. The van der Waals surface area contributed by atoms with E-state index in [1.54, 1.807) is 41.9 Å². The number of carboxylic acids is 2. The maximum Gasteiger partial charge on any atom is 0.334 e. The van der Waals surface area contributed by atoms with Crippen LogP contribution in [0.3, 0.4) is 0 Å². The van der Waals surface area contributed by atoms with Gasteiger partial charge in [0.2, 0.25) is 0 Å². The first-order valence-corrected chi connectivity index (χ1v) is 48.8.